The number of hydrogen-bond donors (Lipinski definition) is 2. The molecule has 102 valence electrons. The van der Waals surface area contributed by atoms with Crippen molar-refractivity contribution >= 4 is 28.1 Å². The molecule has 2 aromatic heterocycles. The maximum atomic E-state index is 12.4. The number of rotatable bonds is 4. The molecule has 20 heavy (non-hydrogen) atoms. The molecule has 2 heterocycles. The smallest absolute Gasteiger partial charge is 0.251 e. The number of carbonyl (C=O) groups excluding carboxylic acids is 1. The van der Waals surface area contributed by atoms with Crippen molar-refractivity contribution in [2.24, 2.45) is 0 Å². The fraction of sp³-hybridized carbons (Fsp3) is 0.188. The Morgan fingerprint density at radius 3 is 3.00 bits per heavy atom. The number of aromatic amines is 1. The van der Waals surface area contributed by atoms with Gasteiger partial charge in [-0.3, -0.25) is 4.79 Å². The monoisotopic (exact) mass is 284 g/mol. The van der Waals surface area contributed by atoms with Crippen LogP contribution in [0.2, 0.25) is 0 Å². The van der Waals surface area contributed by atoms with E-state index in [4.69, 9.17) is 0 Å². The van der Waals surface area contributed by atoms with E-state index < -0.39 is 0 Å². The van der Waals surface area contributed by atoms with Gasteiger partial charge in [0.25, 0.3) is 5.91 Å². The first-order valence-electron chi connectivity index (χ1n) is 6.69. The molecule has 1 aromatic carbocycles. The van der Waals surface area contributed by atoms with Gasteiger partial charge in [-0.05, 0) is 42.1 Å². The van der Waals surface area contributed by atoms with Crippen LogP contribution in [-0.2, 0) is 0 Å². The van der Waals surface area contributed by atoms with E-state index in [1.54, 1.807) is 11.3 Å². The standard InChI is InChI=1S/C16H16N2OS/c1-2-13(15-4-3-9-20-15)18-16(19)12-5-6-14-11(10-12)7-8-17-14/h3-10,13,17H,2H2,1H3,(H,18,19). The molecule has 3 nitrogen and oxygen atoms in total. The van der Waals surface area contributed by atoms with Crippen LogP contribution in [0.15, 0.2) is 48.0 Å². The van der Waals surface area contributed by atoms with Crippen LogP contribution in [-0.4, -0.2) is 10.9 Å². The molecule has 0 aliphatic heterocycles. The fourth-order valence-electron chi connectivity index (χ4n) is 2.30. The summed E-state index contributed by atoms with van der Waals surface area (Å²) in [6.45, 7) is 2.08. The lowest BCUT2D eigenvalue weighted by molar-refractivity contribution is 0.0936. The molecule has 1 amide bonds. The summed E-state index contributed by atoms with van der Waals surface area (Å²) in [5.41, 5.74) is 1.75. The lowest BCUT2D eigenvalue weighted by Gasteiger charge is -2.15. The van der Waals surface area contributed by atoms with Crippen LogP contribution in [0.25, 0.3) is 10.9 Å². The summed E-state index contributed by atoms with van der Waals surface area (Å²) >= 11 is 1.68. The Kier molecular flexibility index (Phi) is 3.56. The van der Waals surface area contributed by atoms with Gasteiger partial charge in [0.05, 0.1) is 6.04 Å². The maximum absolute atomic E-state index is 12.4. The normalized spacial score (nSPS) is 12.4. The summed E-state index contributed by atoms with van der Waals surface area (Å²) in [7, 11) is 0. The number of carbonyl (C=O) groups is 1. The van der Waals surface area contributed by atoms with E-state index in [1.165, 1.54) is 4.88 Å². The van der Waals surface area contributed by atoms with Crippen LogP contribution in [0.4, 0.5) is 0 Å². The largest absolute Gasteiger partial charge is 0.361 e. The molecular formula is C16H16N2OS. The molecule has 0 aliphatic rings. The number of hydrogen-bond acceptors (Lipinski definition) is 2. The molecular weight excluding hydrogens is 268 g/mol. The lowest BCUT2D eigenvalue weighted by atomic mass is 10.1. The van der Waals surface area contributed by atoms with Crippen molar-refractivity contribution in [1.82, 2.24) is 10.3 Å². The molecule has 0 bridgehead atoms. The predicted molar refractivity (Wildman–Crippen MR) is 83.1 cm³/mol. The summed E-state index contributed by atoms with van der Waals surface area (Å²) in [5.74, 6) is -0.0200. The van der Waals surface area contributed by atoms with Gasteiger partial charge >= 0.3 is 0 Å². The van der Waals surface area contributed by atoms with Crippen LogP contribution in [0.5, 0.6) is 0 Å². The number of thiophene rings is 1. The number of benzene rings is 1. The van der Waals surface area contributed by atoms with Crippen LogP contribution < -0.4 is 5.32 Å². The summed E-state index contributed by atoms with van der Waals surface area (Å²) < 4.78 is 0. The van der Waals surface area contributed by atoms with Gasteiger partial charge in [-0.1, -0.05) is 13.0 Å². The Morgan fingerprint density at radius 2 is 2.25 bits per heavy atom. The van der Waals surface area contributed by atoms with Gasteiger partial charge < -0.3 is 10.3 Å². The molecule has 1 unspecified atom stereocenters. The van der Waals surface area contributed by atoms with E-state index in [2.05, 4.69) is 23.3 Å². The van der Waals surface area contributed by atoms with Gasteiger partial charge in [0, 0.05) is 27.5 Å². The molecule has 3 aromatic rings. The average Bonchev–Trinajstić information content (AvgIpc) is 3.14. The van der Waals surface area contributed by atoms with Gasteiger partial charge in [-0.2, -0.15) is 0 Å². The molecule has 4 heteroatoms. The molecule has 0 saturated carbocycles. The van der Waals surface area contributed by atoms with Crippen molar-refractivity contribution in [3.8, 4) is 0 Å². The highest BCUT2D eigenvalue weighted by molar-refractivity contribution is 7.10. The number of H-pyrrole nitrogens is 1. The van der Waals surface area contributed by atoms with Crippen molar-refractivity contribution in [3.63, 3.8) is 0 Å². The summed E-state index contributed by atoms with van der Waals surface area (Å²) in [5, 5.41) is 6.20. The zero-order valence-electron chi connectivity index (χ0n) is 11.2. The van der Waals surface area contributed by atoms with Gasteiger partial charge in [-0.25, -0.2) is 0 Å². The maximum Gasteiger partial charge on any atom is 0.251 e. The van der Waals surface area contributed by atoms with Gasteiger partial charge in [0.2, 0.25) is 0 Å². The van der Waals surface area contributed by atoms with Crippen LogP contribution in [0, 0.1) is 0 Å². The minimum Gasteiger partial charge on any atom is -0.361 e. The second-order valence-electron chi connectivity index (χ2n) is 4.73. The Bertz CT molecular complexity index is 715. The zero-order valence-corrected chi connectivity index (χ0v) is 12.0. The van der Waals surface area contributed by atoms with Crippen LogP contribution in [0.1, 0.15) is 34.6 Å². The SMILES string of the molecule is CCC(NC(=O)c1ccc2[nH]ccc2c1)c1cccs1. The number of aromatic nitrogens is 1. The topological polar surface area (TPSA) is 44.9 Å². The molecule has 0 spiro atoms. The highest BCUT2D eigenvalue weighted by Crippen LogP contribution is 2.22. The zero-order chi connectivity index (χ0) is 13.9. The minimum atomic E-state index is -0.0200. The van der Waals surface area contributed by atoms with E-state index in [0.717, 1.165) is 17.3 Å². The number of nitrogens with one attached hydrogen (secondary N) is 2. The first-order chi connectivity index (χ1) is 9.78. The summed E-state index contributed by atoms with van der Waals surface area (Å²) in [4.78, 5) is 16.7. The predicted octanol–water partition coefficient (Wildman–Crippen LogP) is 4.11. The first-order valence-corrected chi connectivity index (χ1v) is 7.57. The Balaban J connectivity index is 1.81. The Morgan fingerprint density at radius 1 is 1.35 bits per heavy atom. The van der Waals surface area contributed by atoms with Crippen molar-refractivity contribution < 1.29 is 4.79 Å². The molecule has 0 radical (unpaired) electrons. The lowest BCUT2D eigenvalue weighted by Crippen LogP contribution is -2.27. The Hall–Kier alpha value is -2.07. The molecule has 3 rings (SSSR count). The molecule has 1 atom stereocenters. The van der Waals surface area contributed by atoms with Gasteiger partial charge in [0.15, 0.2) is 0 Å². The van der Waals surface area contributed by atoms with E-state index in [1.807, 2.05) is 41.9 Å². The van der Waals surface area contributed by atoms with Gasteiger partial charge in [0.1, 0.15) is 0 Å². The third-order valence-electron chi connectivity index (χ3n) is 3.42. The summed E-state index contributed by atoms with van der Waals surface area (Å²) in [6, 6.07) is 11.9. The number of fused-ring (bicyclic) bond motifs is 1. The molecule has 0 aliphatic carbocycles. The third kappa shape index (κ3) is 2.47. The van der Waals surface area contributed by atoms with Crippen molar-refractivity contribution in [1.29, 1.82) is 0 Å². The third-order valence-corrected chi connectivity index (χ3v) is 4.40. The molecule has 2 N–H and O–H groups in total. The van der Waals surface area contributed by atoms with Gasteiger partial charge in [-0.15, -0.1) is 11.3 Å². The minimum absolute atomic E-state index is 0.0200. The number of amides is 1. The highest BCUT2D eigenvalue weighted by atomic mass is 32.1. The van der Waals surface area contributed by atoms with E-state index in [0.29, 0.717) is 5.56 Å². The van der Waals surface area contributed by atoms with Crippen molar-refractivity contribution in [3.05, 3.63) is 58.4 Å². The van der Waals surface area contributed by atoms with E-state index in [9.17, 15) is 4.79 Å². The quantitative estimate of drug-likeness (QED) is 0.744. The van der Waals surface area contributed by atoms with E-state index >= 15 is 0 Å². The first kappa shape index (κ1) is 12.9. The van der Waals surface area contributed by atoms with Crippen LogP contribution >= 0.6 is 11.3 Å². The molecule has 0 saturated heterocycles. The molecule has 0 fully saturated rings. The van der Waals surface area contributed by atoms with E-state index in [-0.39, 0.29) is 11.9 Å². The second-order valence-corrected chi connectivity index (χ2v) is 5.71. The summed E-state index contributed by atoms with van der Waals surface area (Å²) in [6.07, 6.45) is 2.77. The fourth-order valence-corrected chi connectivity index (χ4v) is 3.16. The average molecular weight is 284 g/mol. The van der Waals surface area contributed by atoms with Crippen LogP contribution in [0.3, 0.4) is 0 Å². The van der Waals surface area contributed by atoms with Crippen molar-refractivity contribution in [2.75, 3.05) is 0 Å². The Labute approximate surface area is 121 Å². The highest BCUT2D eigenvalue weighted by Gasteiger charge is 2.15. The van der Waals surface area contributed by atoms with Crippen molar-refractivity contribution in [2.45, 2.75) is 19.4 Å². The second kappa shape index (κ2) is 5.51.